The standard InChI is InChI=1S/C19H25ClN2O2/c20-15-8-6-14(7-9-15)12-13-21-19(24)17-10-11-18(23)22(17)16-4-2-1-3-5-16/h6-9,16-17H,1-5,10-13H2,(H,21,24)/t17-/m0/s1. The van der Waals surface area contributed by atoms with Crippen LogP contribution in [0.15, 0.2) is 24.3 Å². The highest BCUT2D eigenvalue weighted by atomic mass is 35.5. The molecule has 1 heterocycles. The molecule has 0 bridgehead atoms. The number of likely N-dealkylation sites (tertiary alicyclic amines) is 1. The first-order chi connectivity index (χ1) is 11.6. The van der Waals surface area contributed by atoms with Crippen molar-refractivity contribution in [2.75, 3.05) is 6.54 Å². The van der Waals surface area contributed by atoms with Crippen molar-refractivity contribution in [2.45, 2.75) is 63.5 Å². The Hall–Kier alpha value is -1.55. The lowest BCUT2D eigenvalue weighted by Gasteiger charge is -2.35. The lowest BCUT2D eigenvalue weighted by molar-refractivity contribution is -0.138. The number of nitrogens with one attached hydrogen (secondary N) is 1. The average Bonchev–Trinajstić information content (AvgIpc) is 2.99. The van der Waals surface area contributed by atoms with Crippen molar-refractivity contribution in [2.24, 2.45) is 0 Å². The minimum atomic E-state index is -0.272. The highest BCUT2D eigenvalue weighted by Gasteiger charge is 2.40. The van der Waals surface area contributed by atoms with Crippen molar-refractivity contribution < 1.29 is 9.59 Å². The van der Waals surface area contributed by atoms with Gasteiger partial charge in [0.15, 0.2) is 0 Å². The summed E-state index contributed by atoms with van der Waals surface area (Å²) in [6.45, 7) is 0.587. The summed E-state index contributed by atoms with van der Waals surface area (Å²) in [6, 6.07) is 7.66. The molecule has 4 nitrogen and oxygen atoms in total. The molecule has 1 aromatic carbocycles. The molecule has 0 radical (unpaired) electrons. The van der Waals surface area contributed by atoms with Crippen LogP contribution in [-0.2, 0) is 16.0 Å². The van der Waals surface area contributed by atoms with Crippen LogP contribution in [0, 0.1) is 0 Å². The predicted molar refractivity (Wildman–Crippen MR) is 94.9 cm³/mol. The van der Waals surface area contributed by atoms with Gasteiger partial charge in [0.05, 0.1) is 0 Å². The van der Waals surface area contributed by atoms with E-state index in [4.69, 9.17) is 11.6 Å². The van der Waals surface area contributed by atoms with Crippen LogP contribution < -0.4 is 5.32 Å². The van der Waals surface area contributed by atoms with E-state index in [1.807, 2.05) is 29.2 Å². The monoisotopic (exact) mass is 348 g/mol. The largest absolute Gasteiger partial charge is 0.354 e. The normalized spacial score (nSPS) is 22.0. The predicted octanol–water partition coefficient (Wildman–Crippen LogP) is 3.32. The fourth-order valence-electron chi connectivity index (χ4n) is 3.88. The van der Waals surface area contributed by atoms with Gasteiger partial charge in [0, 0.05) is 24.0 Å². The van der Waals surface area contributed by atoms with Crippen LogP contribution in [0.3, 0.4) is 0 Å². The minimum Gasteiger partial charge on any atom is -0.354 e. The van der Waals surface area contributed by atoms with Crippen LogP contribution in [0.1, 0.15) is 50.5 Å². The van der Waals surface area contributed by atoms with Gasteiger partial charge in [0.2, 0.25) is 11.8 Å². The molecular formula is C19H25ClN2O2. The Morgan fingerprint density at radius 1 is 1.12 bits per heavy atom. The van der Waals surface area contributed by atoms with Crippen molar-refractivity contribution in [3.8, 4) is 0 Å². The first-order valence-corrected chi connectivity index (χ1v) is 9.36. The number of carbonyl (C=O) groups excluding carboxylic acids is 2. The highest BCUT2D eigenvalue weighted by molar-refractivity contribution is 6.30. The Kier molecular flexibility index (Phi) is 5.77. The zero-order valence-corrected chi connectivity index (χ0v) is 14.7. The van der Waals surface area contributed by atoms with Gasteiger partial charge in [-0.25, -0.2) is 0 Å². The van der Waals surface area contributed by atoms with E-state index in [-0.39, 0.29) is 23.9 Å². The van der Waals surface area contributed by atoms with Crippen molar-refractivity contribution >= 4 is 23.4 Å². The molecule has 2 fully saturated rings. The molecule has 5 heteroatoms. The maximum absolute atomic E-state index is 12.6. The second kappa shape index (κ2) is 8.02. The maximum Gasteiger partial charge on any atom is 0.242 e. The molecule has 1 aliphatic carbocycles. The third kappa shape index (κ3) is 4.10. The molecule has 130 valence electrons. The Labute approximate surface area is 148 Å². The second-order valence-electron chi connectivity index (χ2n) is 6.81. The van der Waals surface area contributed by atoms with Gasteiger partial charge in [0.1, 0.15) is 6.04 Å². The molecule has 1 saturated heterocycles. The zero-order valence-electron chi connectivity index (χ0n) is 14.0. The molecule has 1 saturated carbocycles. The van der Waals surface area contributed by atoms with Crippen molar-refractivity contribution in [3.63, 3.8) is 0 Å². The molecule has 1 atom stereocenters. The maximum atomic E-state index is 12.6. The van der Waals surface area contributed by atoms with E-state index >= 15 is 0 Å². The number of nitrogens with zero attached hydrogens (tertiary/aromatic N) is 1. The highest BCUT2D eigenvalue weighted by Crippen LogP contribution is 2.30. The van der Waals surface area contributed by atoms with E-state index in [2.05, 4.69) is 5.32 Å². The number of hydrogen-bond acceptors (Lipinski definition) is 2. The Balaban J connectivity index is 1.53. The van der Waals surface area contributed by atoms with E-state index in [0.717, 1.165) is 29.8 Å². The molecule has 0 spiro atoms. The average molecular weight is 349 g/mol. The summed E-state index contributed by atoms with van der Waals surface area (Å²) in [6.07, 6.45) is 7.59. The summed E-state index contributed by atoms with van der Waals surface area (Å²) in [5, 5.41) is 3.73. The molecular weight excluding hydrogens is 324 g/mol. The van der Waals surface area contributed by atoms with Gasteiger partial charge in [-0.15, -0.1) is 0 Å². The van der Waals surface area contributed by atoms with E-state index in [1.165, 1.54) is 19.3 Å². The van der Waals surface area contributed by atoms with Gasteiger partial charge >= 0.3 is 0 Å². The Morgan fingerprint density at radius 3 is 2.54 bits per heavy atom. The molecule has 3 rings (SSSR count). The summed E-state index contributed by atoms with van der Waals surface area (Å²) in [5.41, 5.74) is 1.14. The smallest absolute Gasteiger partial charge is 0.242 e. The van der Waals surface area contributed by atoms with Gasteiger partial charge in [-0.2, -0.15) is 0 Å². The summed E-state index contributed by atoms with van der Waals surface area (Å²) in [4.78, 5) is 26.7. The second-order valence-corrected chi connectivity index (χ2v) is 7.25. The van der Waals surface area contributed by atoms with Gasteiger partial charge in [0.25, 0.3) is 0 Å². The van der Waals surface area contributed by atoms with E-state index < -0.39 is 0 Å². The number of amides is 2. The van der Waals surface area contributed by atoms with E-state index in [9.17, 15) is 9.59 Å². The lowest BCUT2D eigenvalue weighted by Crippen LogP contribution is -2.50. The first kappa shape index (κ1) is 17.3. The van der Waals surface area contributed by atoms with Crippen molar-refractivity contribution in [1.29, 1.82) is 0 Å². The van der Waals surface area contributed by atoms with Crippen molar-refractivity contribution in [1.82, 2.24) is 10.2 Å². The number of hydrogen-bond donors (Lipinski definition) is 1. The molecule has 2 aliphatic rings. The molecule has 1 aliphatic heterocycles. The Morgan fingerprint density at radius 2 is 1.83 bits per heavy atom. The third-order valence-electron chi connectivity index (χ3n) is 5.15. The van der Waals surface area contributed by atoms with Crippen LogP contribution in [-0.4, -0.2) is 35.3 Å². The van der Waals surface area contributed by atoms with Gasteiger partial charge in [-0.05, 0) is 43.4 Å². The lowest BCUT2D eigenvalue weighted by atomic mass is 9.93. The van der Waals surface area contributed by atoms with Crippen LogP contribution in [0.2, 0.25) is 5.02 Å². The molecule has 0 aromatic heterocycles. The molecule has 1 N–H and O–H groups in total. The van der Waals surface area contributed by atoms with Crippen LogP contribution in [0.25, 0.3) is 0 Å². The molecule has 2 amide bonds. The number of carbonyl (C=O) groups is 2. The minimum absolute atomic E-state index is 0.000358. The number of halogens is 1. The SMILES string of the molecule is O=C(NCCc1ccc(Cl)cc1)[C@@H]1CCC(=O)N1C1CCCCC1. The van der Waals surface area contributed by atoms with Crippen molar-refractivity contribution in [3.05, 3.63) is 34.9 Å². The molecule has 1 aromatic rings. The summed E-state index contributed by atoms with van der Waals surface area (Å²) < 4.78 is 0. The number of benzene rings is 1. The number of rotatable bonds is 5. The third-order valence-corrected chi connectivity index (χ3v) is 5.40. The van der Waals surface area contributed by atoms with E-state index in [1.54, 1.807) is 0 Å². The Bertz CT molecular complexity index is 582. The topological polar surface area (TPSA) is 49.4 Å². The molecule has 24 heavy (non-hydrogen) atoms. The first-order valence-electron chi connectivity index (χ1n) is 8.98. The van der Waals surface area contributed by atoms with Crippen LogP contribution in [0.5, 0.6) is 0 Å². The van der Waals surface area contributed by atoms with Gasteiger partial charge < -0.3 is 10.2 Å². The van der Waals surface area contributed by atoms with Crippen LogP contribution >= 0.6 is 11.6 Å². The summed E-state index contributed by atoms with van der Waals surface area (Å²) >= 11 is 5.88. The fourth-order valence-corrected chi connectivity index (χ4v) is 4.00. The summed E-state index contributed by atoms with van der Waals surface area (Å²) in [5.74, 6) is 0.153. The molecule has 0 unspecified atom stereocenters. The van der Waals surface area contributed by atoms with E-state index in [0.29, 0.717) is 19.4 Å². The van der Waals surface area contributed by atoms with Gasteiger partial charge in [-0.3, -0.25) is 9.59 Å². The quantitative estimate of drug-likeness (QED) is 0.887. The fraction of sp³-hybridized carbons (Fsp3) is 0.579. The zero-order chi connectivity index (χ0) is 16.9. The summed E-state index contributed by atoms with van der Waals surface area (Å²) in [7, 11) is 0. The van der Waals surface area contributed by atoms with Gasteiger partial charge in [-0.1, -0.05) is 43.0 Å². The van der Waals surface area contributed by atoms with Crippen LogP contribution in [0.4, 0.5) is 0 Å².